The zero-order valence-corrected chi connectivity index (χ0v) is 11.0. The molecule has 0 aliphatic heterocycles. The van der Waals surface area contributed by atoms with E-state index < -0.39 is 5.82 Å². The van der Waals surface area contributed by atoms with E-state index in [-0.39, 0.29) is 10.8 Å². The first-order valence-corrected chi connectivity index (χ1v) is 5.97. The van der Waals surface area contributed by atoms with Crippen molar-refractivity contribution >= 4 is 17.3 Å². The molecule has 0 fully saturated rings. The number of nitrogens with two attached hydrogens (primary N) is 1. The van der Waals surface area contributed by atoms with Crippen LogP contribution in [0.5, 0.6) is 5.75 Å². The van der Waals surface area contributed by atoms with E-state index in [2.05, 4.69) is 0 Å². The number of rotatable bonds is 8. The van der Waals surface area contributed by atoms with Crippen LogP contribution in [0.1, 0.15) is 6.42 Å². The van der Waals surface area contributed by atoms with Crippen LogP contribution in [0.15, 0.2) is 12.1 Å². The fourth-order valence-electron chi connectivity index (χ4n) is 1.29. The van der Waals surface area contributed by atoms with Crippen molar-refractivity contribution in [2.75, 3.05) is 39.3 Å². The summed E-state index contributed by atoms with van der Waals surface area (Å²) in [6.07, 6.45) is 0.828. The second kappa shape index (κ2) is 8.13. The van der Waals surface area contributed by atoms with Crippen molar-refractivity contribution in [3.63, 3.8) is 0 Å². The van der Waals surface area contributed by atoms with Gasteiger partial charge in [-0.15, -0.1) is 0 Å². The average Bonchev–Trinajstić information content (AvgIpc) is 2.34. The minimum atomic E-state index is -0.554. The van der Waals surface area contributed by atoms with Crippen LogP contribution in [0.2, 0.25) is 5.02 Å². The summed E-state index contributed by atoms with van der Waals surface area (Å²) in [7, 11) is 1.64. The van der Waals surface area contributed by atoms with Crippen LogP contribution < -0.4 is 10.5 Å². The Kier molecular flexibility index (Phi) is 6.78. The number of anilines is 1. The molecule has 0 atom stereocenters. The average molecular weight is 278 g/mol. The third kappa shape index (κ3) is 5.08. The Labute approximate surface area is 111 Å². The molecule has 18 heavy (non-hydrogen) atoms. The SMILES string of the molecule is COCCCOCCOc1cc(F)c(Cl)cc1N. The lowest BCUT2D eigenvalue weighted by Gasteiger charge is -2.10. The van der Waals surface area contributed by atoms with Crippen molar-refractivity contribution < 1.29 is 18.6 Å². The van der Waals surface area contributed by atoms with E-state index in [1.807, 2.05) is 0 Å². The molecule has 0 saturated heterocycles. The van der Waals surface area contributed by atoms with Gasteiger partial charge in [-0.1, -0.05) is 11.6 Å². The van der Waals surface area contributed by atoms with Crippen molar-refractivity contribution in [2.45, 2.75) is 6.42 Å². The van der Waals surface area contributed by atoms with Gasteiger partial charge in [-0.2, -0.15) is 0 Å². The lowest BCUT2D eigenvalue weighted by Crippen LogP contribution is -2.09. The van der Waals surface area contributed by atoms with E-state index in [0.29, 0.717) is 32.1 Å². The molecular formula is C12H17ClFNO3. The minimum absolute atomic E-state index is 0.0179. The monoisotopic (exact) mass is 277 g/mol. The predicted octanol–water partition coefficient (Wildman–Crippen LogP) is 2.49. The summed E-state index contributed by atoms with van der Waals surface area (Å²) >= 11 is 5.57. The lowest BCUT2D eigenvalue weighted by atomic mass is 10.3. The van der Waals surface area contributed by atoms with Crippen LogP contribution in [-0.2, 0) is 9.47 Å². The minimum Gasteiger partial charge on any atom is -0.489 e. The van der Waals surface area contributed by atoms with E-state index >= 15 is 0 Å². The van der Waals surface area contributed by atoms with E-state index in [0.717, 1.165) is 6.42 Å². The highest BCUT2D eigenvalue weighted by molar-refractivity contribution is 6.31. The first kappa shape index (κ1) is 15.0. The molecule has 6 heteroatoms. The van der Waals surface area contributed by atoms with Crippen LogP contribution >= 0.6 is 11.6 Å². The molecule has 0 aliphatic rings. The molecule has 0 spiro atoms. The van der Waals surface area contributed by atoms with Gasteiger partial charge in [0.2, 0.25) is 0 Å². The van der Waals surface area contributed by atoms with Gasteiger partial charge in [0.05, 0.1) is 17.3 Å². The Bertz CT molecular complexity index is 377. The number of nitrogen functional groups attached to an aromatic ring is 1. The molecule has 2 N–H and O–H groups in total. The Morgan fingerprint density at radius 3 is 2.72 bits per heavy atom. The summed E-state index contributed by atoms with van der Waals surface area (Å²) in [5.74, 6) is -0.278. The predicted molar refractivity (Wildman–Crippen MR) is 68.6 cm³/mol. The molecular weight excluding hydrogens is 261 g/mol. The summed E-state index contributed by atoms with van der Waals surface area (Å²) in [5.41, 5.74) is 5.94. The molecule has 4 nitrogen and oxygen atoms in total. The molecule has 102 valence electrons. The number of hydrogen-bond donors (Lipinski definition) is 1. The fraction of sp³-hybridized carbons (Fsp3) is 0.500. The molecule has 0 heterocycles. The van der Waals surface area contributed by atoms with Crippen LogP contribution in [0.3, 0.4) is 0 Å². The zero-order chi connectivity index (χ0) is 13.4. The number of benzene rings is 1. The molecule has 0 aromatic heterocycles. The quantitative estimate of drug-likeness (QED) is 0.586. The largest absolute Gasteiger partial charge is 0.489 e. The van der Waals surface area contributed by atoms with Gasteiger partial charge >= 0.3 is 0 Å². The van der Waals surface area contributed by atoms with E-state index in [9.17, 15) is 4.39 Å². The zero-order valence-electron chi connectivity index (χ0n) is 10.2. The number of hydrogen-bond acceptors (Lipinski definition) is 4. The maximum atomic E-state index is 13.2. The molecule has 1 aromatic carbocycles. The van der Waals surface area contributed by atoms with E-state index in [4.69, 9.17) is 31.5 Å². The molecule has 0 saturated carbocycles. The van der Waals surface area contributed by atoms with Gasteiger partial charge in [-0.3, -0.25) is 0 Å². The fourth-order valence-corrected chi connectivity index (χ4v) is 1.46. The van der Waals surface area contributed by atoms with Crippen molar-refractivity contribution in [3.05, 3.63) is 23.0 Å². The molecule has 1 rings (SSSR count). The van der Waals surface area contributed by atoms with Gasteiger partial charge in [0.15, 0.2) is 0 Å². The summed E-state index contributed by atoms with van der Waals surface area (Å²) in [6, 6.07) is 2.49. The molecule has 0 bridgehead atoms. The molecule has 0 amide bonds. The maximum absolute atomic E-state index is 13.2. The summed E-state index contributed by atoms with van der Waals surface area (Å²) in [4.78, 5) is 0. The maximum Gasteiger partial charge on any atom is 0.145 e. The molecule has 0 aliphatic carbocycles. The summed E-state index contributed by atoms with van der Waals surface area (Å²) < 4.78 is 28.6. The van der Waals surface area contributed by atoms with Gasteiger partial charge in [0.1, 0.15) is 18.2 Å². The standard InChI is InChI=1S/C12H17ClFNO3/c1-16-3-2-4-17-5-6-18-12-8-10(14)9(13)7-11(12)15/h7-8H,2-6,15H2,1H3. The van der Waals surface area contributed by atoms with Gasteiger partial charge < -0.3 is 19.9 Å². The van der Waals surface area contributed by atoms with Gasteiger partial charge in [0.25, 0.3) is 0 Å². The number of methoxy groups -OCH3 is 1. The van der Waals surface area contributed by atoms with Crippen molar-refractivity contribution in [3.8, 4) is 5.75 Å². The summed E-state index contributed by atoms with van der Waals surface area (Å²) in [6.45, 7) is 1.98. The van der Waals surface area contributed by atoms with Gasteiger partial charge in [-0.25, -0.2) is 4.39 Å². The van der Waals surface area contributed by atoms with Gasteiger partial charge in [-0.05, 0) is 12.5 Å². The Hall–Kier alpha value is -1.04. The Morgan fingerprint density at radius 1 is 1.22 bits per heavy atom. The third-order valence-electron chi connectivity index (χ3n) is 2.18. The van der Waals surface area contributed by atoms with Crippen LogP contribution in [-0.4, -0.2) is 33.5 Å². The van der Waals surface area contributed by atoms with Crippen LogP contribution in [0, 0.1) is 5.82 Å². The highest BCUT2D eigenvalue weighted by Gasteiger charge is 2.07. The van der Waals surface area contributed by atoms with E-state index in [1.54, 1.807) is 7.11 Å². The number of halogens is 2. The van der Waals surface area contributed by atoms with Crippen molar-refractivity contribution in [1.29, 1.82) is 0 Å². The molecule has 0 unspecified atom stereocenters. The lowest BCUT2D eigenvalue weighted by molar-refractivity contribution is 0.0807. The highest BCUT2D eigenvalue weighted by atomic mass is 35.5. The van der Waals surface area contributed by atoms with E-state index in [1.165, 1.54) is 12.1 Å². The van der Waals surface area contributed by atoms with Crippen molar-refractivity contribution in [2.24, 2.45) is 0 Å². The highest BCUT2D eigenvalue weighted by Crippen LogP contribution is 2.27. The van der Waals surface area contributed by atoms with Crippen LogP contribution in [0.25, 0.3) is 0 Å². The topological polar surface area (TPSA) is 53.7 Å². The molecule has 1 aromatic rings. The van der Waals surface area contributed by atoms with Crippen LogP contribution in [0.4, 0.5) is 10.1 Å². The smallest absolute Gasteiger partial charge is 0.145 e. The Morgan fingerprint density at radius 2 is 2.00 bits per heavy atom. The second-order valence-electron chi connectivity index (χ2n) is 3.61. The first-order valence-electron chi connectivity index (χ1n) is 5.59. The Balaban J connectivity index is 2.25. The number of ether oxygens (including phenoxy) is 3. The third-order valence-corrected chi connectivity index (χ3v) is 2.46. The van der Waals surface area contributed by atoms with Gasteiger partial charge in [0, 0.05) is 26.4 Å². The second-order valence-corrected chi connectivity index (χ2v) is 4.02. The first-order chi connectivity index (χ1) is 8.65. The molecule has 0 radical (unpaired) electrons. The summed E-state index contributed by atoms with van der Waals surface area (Å²) in [5, 5.41) is -0.0179. The normalized spacial score (nSPS) is 10.6. The van der Waals surface area contributed by atoms with Crippen molar-refractivity contribution in [1.82, 2.24) is 0 Å².